The summed E-state index contributed by atoms with van der Waals surface area (Å²) in [5.41, 5.74) is 0.992. The lowest BCUT2D eigenvalue weighted by molar-refractivity contribution is -0.0208. The third-order valence-corrected chi connectivity index (χ3v) is 5.23. The summed E-state index contributed by atoms with van der Waals surface area (Å²) in [6, 6.07) is 6.38. The molecule has 0 N–H and O–H groups in total. The molecule has 2 aliphatic rings. The highest BCUT2D eigenvalue weighted by Crippen LogP contribution is 2.40. The fourth-order valence-corrected chi connectivity index (χ4v) is 3.96. The van der Waals surface area contributed by atoms with E-state index in [4.69, 9.17) is 14.2 Å². The van der Waals surface area contributed by atoms with Gasteiger partial charge in [-0.1, -0.05) is 12.1 Å². The molecule has 1 atom stereocenters. The van der Waals surface area contributed by atoms with Gasteiger partial charge in [-0.3, -0.25) is 4.79 Å². The molecule has 1 saturated heterocycles. The lowest BCUT2D eigenvalue weighted by atomic mass is 10.1. The van der Waals surface area contributed by atoms with E-state index in [1.165, 1.54) is 23.5 Å². The van der Waals surface area contributed by atoms with Crippen molar-refractivity contribution >= 4 is 17.2 Å². The minimum Gasteiger partial charge on any atom is -0.485 e. The van der Waals surface area contributed by atoms with E-state index in [2.05, 4.69) is 0 Å². The SMILES string of the molecule is O=C(c1scc2c1OCCO2)N1CCO[C@@H](Cc2ccc(F)cc2)C1. The van der Waals surface area contributed by atoms with Crippen LogP contribution in [-0.2, 0) is 11.2 Å². The van der Waals surface area contributed by atoms with Crippen LogP contribution in [0.3, 0.4) is 0 Å². The maximum atomic E-state index is 13.0. The van der Waals surface area contributed by atoms with E-state index in [1.807, 2.05) is 5.38 Å². The van der Waals surface area contributed by atoms with Crippen molar-refractivity contribution in [2.45, 2.75) is 12.5 Å². The van der Waals surface area contributed by atoms with Crippen LogP contribution >= 0.6 is 11.3 Å². The molecular weight excluding hydrogens is 345 g/mol. The molecule has 2 aliphatic heterocycles. The summed E-state index contributed by atoms with van der Waals surface area (Å²) in [6.07, 6.45) is 0.544. The second kappa shape index (κ2) is 7.01. The quantitative estimate of drug-likeness (QED) is 0.841. The van der Waals surface area contributed by atoms with E-state index in [0.29, 0.717) is 55.7 Å². The first-order chi connectivity index (χ1) is 12.2. The molecule has 1 amide bonds. The summed E-state index contributed by atoms with van der Waals surface area (Å²) < 4.78 is 29.9. The Balaban J connectivity index is 1.44. The first-order valence-electron chi connectivity index (χ1n) is 8.23. The minimum absolute atomic E-state index is 0.0517. The molecule has 1 fully saturated rings. The van der Waals surface area contributed by atoms with E-state index in [0.717, 1.165) is 5.56 Å². The highest BCUT2D eigenvalue weighted by Gasteiger charge is 2.30. The summed E-state index contributed by atoms with van der Waals surface area (Å²) in [5.74, 6) is 0.900. The Morgan fingerprint density at radius 2 is 2.00 bits per heavy atom. The monoisotopic (exact) mass is 363 g/mol. The molecule has 1 aromatic carbocycles. The van der Waals surface area contributed by atoms with Gasteiger partial charge in [-0.05, 0) is 17.7 Å². The number of benzene rings is 1. The Hall–Kier alpha value is -2.12. The molecule has 0 aliphatic carbocycles. The average molecular weight is 363 g/mol. The highest BCUT2D eigenvalue weighted by molar-refractivity contribution is 7.12. The number of ether oxygens (including phenoxy) is 3. The van der Waals surface area contributed by atoms with Crippen molar-refractivity contribution < 1.29 is 23.4 Å². The van der Waals surface area contributed by atoms with E-state index in [1.54, 1.807) is 17.0 Å². The van der Waals surface area contributed by atoms with Crippen LogP contribution in [0.25, 0.3) is 0 Å². The number of amides is 1. The zero-order chi connectivity index (χ0) is 17.2. The molecule has 5 nitrogen and oxygen atoms in total. The molecule has 3 heterocycles. The lowest BCUT2D eigenvalue weighted by Crippen LogP contribution is -2.46. The maximum absolute atomic E-state index is 13.0. The normalized spacial score (nSPS) is 19.7. The first kappa shape index (κ1) is 16.4. The molecular formula is C18H18FNO4S. The van der Waals surface area contributed by atoms with Crippen LogP contribution in [0, 0.1) is 5.82 Å². The molecule has 7 heteroatoms. The zero-order valence-electron chi connectivity index (χ0n) is 13.6. The molecule has 0 saturated carbocycles. The summed E-state index contributed by atoms with van der Waals surface area (Å²) >= 11 is 1.35. The Labute approximate surface area is 148 Å². The first-order valence-corrected chi connectivity index (χ1v) is 9.11. The Morgan fingerprint density at radius 1 is 1.20 bits per heavy atom. The summed E-state index contributed by atoms with van der Waals surface area (Å²) in [6.45, 7) is 2.51. The predicted molar refractivity (Wildman–Crippen MR) is 91.1 cm³/mol. The van der Waals surface area contributed by atoms with Crippen molar-refractivity contribution in [2.24, 2.45) is 0 Å². The standard InChI is InChI=1S/C18H18FNO4S/c19-13-3-1-12(2-4-13)9-14-10-20(5-6-22-14)18(21)17-16-15(11-25-17)23-7-8-24-16/h1-4,11,14H,5-10H2/t14-/m0/s1. The number of fused-ring (bicyclic) bond motifs is 1. The van der Waals surface area contributed by atoms with Crippen molar-refractivity contribution in [2.75, 3.05) is 32.9 Å². The minimum atomic E-state index is -0.255. The fourth-order valence-electron chi connectivity index (χ4n) is 3.06. The van der Waals surface area contributed by atoms with Gasteiger partial charge in [-0.2, -0.15) is 0 Å². The van der Waals surface area contributed by atoms with Gasteiger partial charge in [0.1, 0.15) is 23.9 Å². The summed E-state index contributed by atoms with van der Waals surface area (Å²) in [7, 11) is 0. The Bertz CT molecular complexity index is 761. The van der Waals surface area contributed by atoms with Crippen molar-refractivity contribution in [3.8, 4) is 11.5 Å². The number of halogens is 1. The number of nitrogens with zero attached hydrogens (tertiary/aromatic N) is 1. The van der Waals surface area contributed by atoms with Gasteiger partial charge in [0.2, 0.25) is 0 Å². The van der Waals surface area contributed by atoms with Crippen LogP contribution < -0.4 is 9.47 Å². The van der Waals surface area contributed by atoms with Crippen LogP contribution in [0.5, 0.6) is 11.5 Å². The van der Waals surface area contributed by atoms with Gasteiger partial charge in [0.25, 0.3) is 5.91 Å². The third-order valence-electron chi connectivity index (χ3n) is 4.30. The second-order valence-electron chi connectivity index (χ2n) is 6.03. The lowest BCUT2D eigenvalue weighted by Gasteiger charge is -2.33. The molecule has 2 aromatic rings. The van der Waals surface area contributed by atoms with Crippen LogP contribution in [0.1, 0.15) is 15.2 Å². The molecule has 0 unspecified atom stereocenters. The number of hydrogen-bond donors (Lipinski definition) is 0. The van der Waals surface area contributed by atoms with Crippen LogP contribution in [0.2, 0.25) is 0 Å². The fraction of sp³-hybridized carbons (Fsp3) is 0.389. The molecule has 132 valence electrons. The Kier molecular flexibility index (Phi) is 4.59. The third kappa shape index (κ3) is 3.48. The molecule has 1 aromatic heterocycles. The van der Waals surface area contributed by atoms with Crippen molar-refractivity contribution in [1.29, 1.82) is 0 Å². The smallest absolute Gasteiger partial charge is 0.268 e. The number of carbonyl (C=O) groups excluding carboxylic acids is 1. The van der Waals surface area contributed by atoms with Crippen molar-refractivity contribution in [1.82, 2.24) is 4.90 Å². The van der Waals surface area contributed by atoms with Gasteiger partial charge < -0.3 is 19.1 Å². The number of carbonyl (C=O) groups is 1. The number of hydrogen-bond acceptors (Lipinski definition) is 5. The molecule has 4 rings (SSSR count). The van der Waals surface area contributed by atoms with E-state index >= 15 is 0 Å². The number of morpholine rings is 1. The molecule has 0 spiro atoms. The number of rotatable bonds is 3. The largest absolute Gasteiger partial charge is 0.485 e. The van der Waals surface area contributed by atoms with E-state index in [9.17, 15) is 9.18 Å². The zero-order valence-corrected chi connectivity index (χ0v) is 14.4. The van der Waals surface area contributed by atoms with Gasteiger partial charge in [-0.15, -0.1) is 11.3 Å². The van der Waals surface area contributed by atoms with Crippen molar-refractivity contribution in [3.05, 3.63) is 45.9 Å². The highest BCUT2D eigenvalue weighted by atomic mass is 32.1. The van der Waals surface area contributed by atoms with E-state index < -0.39 is 0 Å². The summed E-state index contributed by atoms with van der Waals surface area (Å²) in [4.78, 5) is 15.2. The average Bonchev–Trinajstić information content (AvgIpc) is 3.07. The van der Waals surface area contributed by atoms with E-state index in [-0.39, 0.29) is 17.8 Å². The second-order valence-corrected chi connectivity index (χ2v) is 6.91. The van der Waals surface area contributed by atoms with Gasteiger partial charge in [0.15, 0.2) is 11.5 Å². The summed E-state index contributed by atoms with van der Waals surface area (Å²) in [5, 5.41) is 1.82. The Morgan fingerprint density at radius 3 is 2.84 bits per heavy atom. The van der Waals surface area contributed by atoms with Crippen LogP contribution in [0.15, 0.2) is 29.6 Å². The molecule has 25 heavy (non-hydrogen) atoms. The van der Waals surface area contributed by atoms with Gasteiger partial charge in [0, 0.05) is 24.9 Å². The predicted octanol–water partition coefficient (Wildman–Crippen LogP) is 2.74. The van der Waals surface area contributed by atoms with Crippen LogP contribution in [0.4, 0.5) is 4.39 Å². The number of thiophene rings is 1. The van der Waals surface area contributed by atoms with Gasteiger partial charge >= 0.3 is 0 Å². The van der Waals surface area contributed by atoms with Gasteiger partial charge in [-0.25, -0.2) is 4.39 Å². The maximum Gasteiger partial charge on any atom is 0.268 e. The van der Waals surface area contributed by atoms with Crippen molar-refractivity contribution in [3.63, 3.8) is 0 Å². The van der Waals surface area contributed by atoms with Crippen LogP contribution in [-0.4, -0.2) is 49.8 Å². The molecule has 0 radical (unpaired) electrons. The molecule has 0 bridgehead atoms. The topological polar surface area (TPSA) is 48.0 Å². The van der Waals surface area contributed by atoms with Gasteiger partial charge in [0.05, 0.1) is 12.7 Å².